The molecule has 3 N–H and O–H groups in total. The lowest BCUT2D eigenvalue weighted by Gasteiger charge is -2.09. The highest BCUT2D eigenvalue weighted by Crippen LogP contribution is 2.09. The molecule has 0 atom stereocenters. The fraction of sp³-hybridized carbons (Fsp3) is 0.300. The normalized spacial score (nSPS) is 11.4. The second kappa shape index (κ2) is 5.69. The maximum absolute atomic E-state index is 7.27. The van der Waals surface area contributed by atoms with Gasteiger partial charge in [-0.15, -0.1) is 0 Å². The van der Waals surface area contributed by atoms with Crippen LogP contribution in [0.5, 0.6) is 5.88 Å². The number of anilines is 1. The number of allylic oxidation sites excluding steroid dienone is 2. The lowest BCUT2D eigenvalue weighted by molar-refractivity contribution is 0.397. The number of hydrogen-bond acceptors (Lipinski definition) is 6. The number of aromatic nitrogens is 2. The Morgan fingerprint density at radius 2 is 2.31 bits per heavy atom. The fourth-order valence-electron chi connectivity index (χ4n) is 1.01. The van der Waals surface area contributed by atoms with Crippen LogP contribution in [-0.2, 0) is 0 Å². The van der Waals surface area contributed by atoms with E-state index >= 15 is 0 Å². The monoisotopic (exact) mass is 221 g/mol. The summed E-state index contributed by atoms with van der Waals surface area (Å²) in [6.45, 7) is 1.85. The zero-order valence-electron chi connectivity index (χ0n) is 9.53. The first kappa shape index (κ1) is 12.0. The molecular weight excluding hydrogens is 206 g/mol. The Bertz CT molecular complexity index is 402. The van der Waals surface area contributed by atoms with Crippen molar-refractivity contribution in [1.29, 1.82) is 5.41 Å². The molecule has 1 aromatic heterocycles. The molecule has 6 heteroatoms. The van der Waals surface area contributed by atoms with Gasteiger partial charge in [0.2, 0.25) is 11.8 Å². The maximum Gasteiger partial charge on any atom is 0.230 e. The van der Waals surface area contributed by atoms with Crippen molar-refractivity contribution in [3.63, 3.8) is 0 Å². The molecule has 0 radical (unpaired) electrons. The van der Waals surface area contributed by atoms with Crippen LogP contribution >= 0.6 is 0 Å². The summed E-state index contributed by atoms with van der Waals surface area (Å²) < 4.78 is 4.98. The van der Waals surface area contributed by atoms with Gasteiger partial charge in [-0.25, -0.2) is 4.98 Å². The quantitative estimate of drug-likeness (QED) is 0.646. The van der Waals surface area contributed by atoms with Crippen molar-refractivity contribution >= 4 is 12.2 Å². The van der Waals surface area contributed by atoms with Crippen LogP contribution in [0, 0.1) is 5.41 Å². The minimum absolute atomic E-state index is 0.396. The van der Waals surface area contributed by atoms with Gasteiger partial charge >= 0.3 is 0 Å². The average molecular weight is 221 g/mol. The molecule has 1 heterocycles. The third-order valence-electron chi connectivity index (χ3n) is 2.01. The molecule has 6 nitrogen and oxygen atoms in total. The van der Waals surface area contributed by atoms with Crippen molar-refractivity contribution in [2.45, 2.75) is 6.92 Å². The molecule has 1 aromatic rings. The van der Waals surface area contributed by atoms with E-state index in [-0.39, 0.29) is 0 Å². The van der Waals surface area contributed by atoms with Crippen LogP contribution in [0.15, 0.2) is 23.7 Å². The number of rotatable bonds is 5. The van der Waals surface area contributed by atoms with Crippen LogP contribution < -0.4 is 15.4 Å². The number of nitrogens with one attached hydrogen (secondary N) is 3. The molecule has 0 aliphatic carbocycles. The van der Waals surface area contributed by atoms with E-state index in [1.807, 2.05) is 6.92 Å². The first-order chi connectivity index (χ1) is 7.71. The van der Waals surface area contributed by atoms with Gasteiger partial charge in [-0.3, -0.25) is 0 Å². The number of nitrogens with zero attached hydrogens (tertiary/aromatic N) is 2. The highest BCUT2D eigenvalue weighted by molar-refractivity contribution is 5.80. The zero-order valence-corrected chi connectivity index (χ0v) is 9.53. The van der Waals surface area contributed by atoms with Crippen LogP contribution in [0.2, 0.25) is 0 Å². The summed E-state index contributed by atoms with van der Waals surface area (Å²) in [7, 11) is 3.32. The van der Waals surface area contributed by atoms with E-state index in [1.54, 1.807) is 26.4 Å². The number of methoxy groups -OCH3 is 1. The van der Waals surface area contributed by atoms with E-state index in [4.69, 9.17) is 10.1 Å². The van der Waals surface area contributed by atoms with Gasteiger partial charge in [0.1, 0.15) is 0 Å². The second-order valence-corrected chi connectivity index (χ2v) is 2.98. The van der Waals surface area contributed by atoms with Crippen molar-refractivity contribution in [3.05, 3.63) is 23.7 Å². The Morgan fingerprint density at radius 3 is 2.88 bits per heavy atom. The van der Waals surface area contributed by atoms with E-state index in [2.05, 4.69) is 20.6 Å². The molecule has 0 saturated carbocycles. The summed E-state index contributed by atoms with van der Waals surface area (Å²) >= 11 is 0. The molecule has 0 saturated heterocycles. The van der Waals surface area contributed by atoms with Crippen molar-refractivity contribution in [1.82, 2.24) is 15.3 Å². The third-order valence-corrected chi connectivity index (χ3v) is 2.01. The summed E-state index contributed by atoms with van der Waals surface area (Å²) in [5.74, 6) is 0.872. The highest BCUT2D eigenvalue weighted by atomic mass is 16.5. The maximum atomic E-state index is 7.27. The standard InChI is InChI=1S/C10H15N5O/c1-7(12-2)8(6-11)14-10-13-5-4-9(15-10)16-3/h4-6,11-12H,1-3H3,(H,13,14,15)/b8-7+,11-6?. The Morgan fingerprint density at radius 1 is 1.56 bits per heavy atom. The van der Waals surface area contributed by atoms with E-state index < -0.39 is 0 Å². The number of hydrogen-bond donors (Lipinski definition) is 3. The largest absolute Gasteiger partial charge is 0.481 e. The molecule has 0 bridgehead atoms. The topological polar surface area (TPSA) is 82.9 Å². The molecule has 16 heavy (non-hydrogen) atoms. The molecule has 0 unspecified atom stereocenters. The highest BCUT2D eigenvalue weighted by Gasteiger charge is 2.02. The number of ether oxygens (including phenoxy) is 1. The van der Waals surface area contributed by atoms with Gasteiger partial charge in [0.25, 0.3) is 0 Å². The molecule has 0 amide bonds. The minimum Gasteiger partial charge on any atom is -0.481 e. The lowest BCUT2D eigenvalue weighted by Crippen LogP contribution is -2.13. The van der Waals surface area contributed by atoms with Crippen LogP contribution in [0.3, 0.4) is 0 Å². The van der Waals surface area contributed by atoms with E-state index in [1.165, 1.54) is 6.21 Å². The van der Waals surface area contributed by atoms with Crippen LogP contribution in [0.1, 0.15) is 6.92 Å². The predicted octanol–water partition coefficient (Wildman–Crippen LogP) is 0.998. The van der Waals surface area contributed by atoms with Gasteiger partial charge in [-0.1, -0.05) is 0 Å². The lowest BCUT2D eigenvalue weighted by atomic mass is 10.3. The molecule has 0 spiro atoms. The average Bonchev–Trinajstić information content (AvgIpc) is 2.35. The van der Waals surface area contributed by atoms with E-state index in [9.17, 15) is 0 Å². The van der Waals surface area contributed by atoms with Crippen LogP contribution in [0.25, 0.3) is 0 Å². The van der Waals surface area contributed by atoms with Crippen LogP contribution in [-0.4, -0.2) is 30.3 Å². The Kier molecular flexibility index (Phi) is 4.26. The van der Waals surface area contributed by atoms with Crippen molar-refractivity contribution < 1.29 is 4.74 Å². The fourth-order valence-corrected chi connectivity index (χ4v) is 1.01. The molecule has 86 valence electrons. The SMILES string of the molecule is CN/C(C)=C(\C=N)Nc1nccc(OC)n1. The van der Waals surface area contributed by atoms with E-state index in [0.29, 0.717) is 17.5 Å². The van der Waals surface area contributed by atoms with Gasteiger partial charge in [-0.05, 0) is 6.92 Å². The molecule has 0 aliphatic rings. The molecule has 0 aromatic carbocycles. The molecular formula is C10H15N5O. The first-order valence-corrected chi connectivity index (χ1v) is 4.74. The summed E-state index contributed by atoms with van der Waals surface area (Å²) in [6, 6.07) is 1.66. The van der Waals surface area contributed by atoms with Crippen LogP contribution in [0.4, 0.5) is 5.95 Å². The Hall–Kier alpha value is -2.11. The van der Waals surface area contributed by atoms with Gasteiger partial charge in [-0.2, -0.15) is 4.98 Å². The molecule has 0 aliphatic heterocycles. The Balaban J connectivity index is 2.90. The molecule has 0 fully saturated rings. The van der Waals surface area contributed by atoms with Gasteiger partial charge in [0.05, 0.1) is 12.8 Å². The Labute approximate surface area is 94.3 Å². The van der Waals surface area contributed by atoms with E-state index in [0.717, 1.165) is 5.70 Å². The zero-order chi connectivity index (χ0) is 12.0. The summed E-state index contributed by atoms with van der Waals surface area (Å²) in [6.07, 6.45) is 2.79. The molecule has 1 rings (SSSR count). The summed E-state index contributed by atoms with van der Waals surface area (Å²) in [5.41, 5.74) is 1.44. The van der Waals surface area contributed by atoms with Crippen molar-refractivity contribution in [2.24, 2.45) is 0 Å². The smallest absolute Gasteiger partial charge is 0.230 e. The third kappa shape index (κ3) is 2.94. The second-order valence-electron chi connectivity index (χ2n) is 2.98. The van der Waals surface area contributed by atoms with Gasteiger partial charge in [0.15, 0.2) is 0 Å². The first-order valence-electron chi connectivity index (χ1n) is 4.74. The predicted molar refractivity (Wildman–Crippen MR) is 62.8 cm³/mol. The summed E-state index contributed by atoms with van der Waals surface area (Å²) in [5, 5.41) is 13.1. The van der Waals surface area contributed by atoms with Gasteiger partial charge in [0, 0.05) is 31.2 Å². The van der Waals surface area contributed by atoms with Crippen molar-refractivity contribution in [2.75, 3.05) is 19.5 Å². The minimum atomic E-state index is 0.396. The van der Waals surface area contributed by atoms with Gasteiger partial charge < -0.3 is 20.8 Å². The summed E-state index contributed by atoms with van der Waals surface area (Å²) in [4.78, 5) is 8.11. The van der Waals surface area contributed by atoms with Crippen molar-refractivity contribution in [3.8, 4) is 5.88 Å².